The van der Waals surface area contributed by atoms with E-state index in [1.165, 1.54) is 5.56 Å². The van der Waals surface area contributed by atoms with Crippen molar-refractivity contribution < 1.29 is 9.53 Å². The van der Waals surface area contributed by atoms with Crippen LogP contribution in [0.15, 0.2) is 48.0 Å². The summed E-state index contributed by atoms with van der Waals surface area (Å²) in [4.78, 5) is 12.4. The second-order valence-electron chi connectivity index (χ2n) is 5.80. The molecule has 0 N–H and O–H groups in total. The lowest BCUT2D eigenvalue weighted by molar-refractivity contribution is -0.118. The van der Waals surface area contributed by atoms with Gasteiger partial charge in [0.2, 0.25) is 0 Å². The minimum atomic E-state index is 0.0664. The van der Waals surface area contributed by atoms with E-state index in [1.54, 1.807) is 0 Å². The van der Waals surface area contributed by atoms with Crippen LogP contribution in [0.2, 0.25) is 5.02 Å². The Morgan fingerprint density at radius 3 is 2.39 bits per heavy atom. The lowest BCUT2D eigenvalue weighted by Gasteiger charge is -2.20. The first kappa shape index (κ1) is 16.0. The topological polar surface area (TPSA) is 26.3 Å². The minimum Gasteiger partial charge on any atom is -0.369 e. The molecule has 0 saturated heterocycles. The Bertz CT molecular complexity index is 773. The van der Waals surface area contributed by atoms with Gasteiger partial charge < -0.3 is 4.74 Å². The quantitative estimate of drug-likeness (QED) is 0.798. The predicted molar refractivity (Wildman–Crippen MR) is 94.7 cm³/mol. The first-order valence-electron chi connectivity index (χ1n) is 7.80. The number of rotatable bonds is 3. The van der Waals surface area contributed by atoms with Gasteiger partial charge in [-0.25, -0.2) is 0 Å². The molecule has 2 nitrogen and oxygen atoms in total. The fourth-order valence-electron chi connectivity index (χ4n) is 3.00. The molecule has 3 rings (SSSR count). The normalized spacial score (nSPS) is 15.2. The van der Waals surface area contributed by atoms with Gasteiger partial charge in [-0.1, -0.05) is 42.8 Å². The molecule has 0 saturated carbocycles. The summed E-state index contributed by atoms with van der Waals surface area (Å²) < 4.78 is 5.33. The molecule has 0 atom stereocenters. The molecular formula is C20H19ClO2. The van der Waals surface area contributed by atoms with Crippen molar-refractivity contribution in [1.82, 2.24) is 0 Å². The lowest BCUT2D eigenvalue weighted by atomic mass is 9.88. The SMILES string of the molecule is CCc1ccc(-c2ccc(Cl)cc2)cc1C1=C(C)COCC1=O. The van der Waals surface area contributed by atoms with Gasteiger partial charge in [-0.05, 0) is 59.4 Å². The molecule has 3 heteroatoms. The number of carbonyl (C=O) groups excluding carboxylic acids is 1. The maximum absolute atomic E-state index is 12.4. The summed E-state index contributed by atoms with van der Waals surface area (Å²) in [5.41, 5.74) is 6.23. The molecule has 2 aromatic carbocycles. The predicted octanol–water partition coefficient (Wildman–Crippen LogP) is 4.94. The summed E-state index contributed by atoms with van der Waals surface area (Å²) in [6.07, 6.45) is 0.890. The van der Waals surface area contributed by atoms with Crippen molar-refractivity contribution in [2.24, 2.45) is 0 Å². The van der Waals surface area contributed by atoms with Crippen LogP contribution in [0.25, 0.3) is 16.7 Å². The Kier molecular flexibility index (Phi) is 4.65. The van der Waals surface area contributed by atoms with Crippen LogP contribution in [0.3, 0.4) is 0 Å². The first-order valence-corrected chi connectivity index (χ1v) is 8.18. The van der Waals surface area contributed by atoms with E-state index in [-0.39, 0.29) is 12.4 Å². The largest absolute Gasteiger partial charge is 0.369 e. The second-order valence-corrected chi connectivity index (χ2v) is 6.24. The molecule has 0 radical (unpaired) electrons. The number of ether oxygens (including phenoxy) is 1. The highest BCUT2D eigenvalue weighted by atomic mass is 35.5. The maximum atomic E-state index is 12.4. The Morgan fingerprint density at radius 2 is 1.74 bits per heavy atom. The molecule has 0 aromatic heterocycles. The molecule has 1 aliphatic heterocycles. The summed E-state index contributed by atoms with van der Waals surface area (Å²) in [6, 6.07) is 14.1. The maximum Gasteiger partial charge on any atom is 0.189 e. The van der Waals surface area contributed by atoms with Crippen molar-refractivity contribution in [3.8, 4) is 11.1 Å². The molecule has 0 fully saturated rings. The fraction of sp³-hybridized carbons (Fsp3) is 0.250. The summed E-state index contributed by atoms with van der Waals surface area (Å²) in [5, 5.41) is 0.720. The highest BCUT2D eigenvalue weighted by Gasteiger charge is 2.22. The van der Waals surface area contributed by atoms with Crippen LogP contribution in [0, 0.1) is 0 Å². The zero-order valence-corrected chi connectivity index (χ0v) is 14.1. The van der Waals surface area contributed by atoms with E-state index in [9.17, 15) is 4.79 Å². The average molecular weight is 327 g/mol. The zero-order valence-electron chi connectivity index (χ0n) is 13.4. The van der Waals surface area contributed by atoms with Gasteiger partial charge in [-0.2, -0.15) is 0 Å². The van der Waals surface area contributed by atoms with Gasteiger partial charge in [-0.3, -0.25) is 4.79 Å². The van der Waals surface area contributed by atoms with Gasteiger partial charge in [0.1, 0.15) is 6.61 Å². The molecule has 23 heavy (non-hydrogen) atoms. The lowest BCUT2D eigenvalue weighted by Crippen LogP contribution is -2.20. The monoisotopic (exact) mass is 326 g/mol. The summed E-state index contributed by atoms with van der Waals surface area (Å²) in [5.74, 6) is 0.0664. The van der Waals surface area contributed by atoms with Crippen molar-refractivity contribution in [2.45, 2.75) is 20.3 Å². The number of hydrogen-bond acceptors (Lipinski definition) is 2. The van der Waals surface area contributed by atoms with E-state index in [2.05, 4.69) is 25.1 Å². The molecule has 0 unspecified atom stereocenters. The van der Waals surface area contributed by atoms with E-state index < -0.39 is 0 Å². The molecule has 0 spiro atoms. The van der Waals surface area contributed by atoms with Crippen LogP contribution in [0.5, 0.6) is 0 Å². The number of ketones is 1. The van der Waals surface area contributed by atoms with E-state index in [0.29, 0.717) is 6.61 Å². The van der Waals surface area contributed by atoms with Crippen LogP contribution in [0.1, 0.15) is 25.0 Å². The molecule has 1 aliphatic rings. The van der Waals surface area contributed by atoms with E-state index in [1.807, 2.05) is 31.2 Å². The van der Waals surface area contributed by atoms with Gasteiger partial charge in [0, 0.05) is 10.6 Å². The Hall–Kier alpha value is -1.90. The second kappa shape index (κ2) is 6.69. The van der Waals surface area contributed by atoms with Crippen LogP contribution in [0.4, 0.5) is 0 Å². The van der Waals surface area contributed by atoms with Crippen LogP contribution in [-0.2, 0) is 16.0 Å². The van der Waals surface area contributed by atoms with Crippen LogP contribution in [-0.4, -0.2) is 19.0 Å². The number of carbonyl (C=O) groups is 1. The van der Waals surface area contributed by atoms with Gasteiger partial charge in [0.05, 0.1) is 6.61 Å². The minimum absolute atomic E-state index is 0.0664. The third-order valence-corrected chi connectivity index (χ3v) is 4.45. The van der Waals surface area contributed by atoms with Crippen molar-refractivity contribution in [3.63, 3.8) is 0 Å². The van der Waals surface area contributed by atoms with Gasteiger partial charge in [0.15, 0.2) is 5.78 Å². The number of benzene rings is 2. The Balaban J connectivity index is 2.14. The van der Waals surface area contributed by atoms with Crippen molar-refractivity contribution >= 4 is 23.0 Å². The van der Waals surface area contributed by atoms with Crippen molar-refractivity contribution in [2.75, 3.05) is 13.2 Å². The van der Waals surface area contributed by atoms with Gasteiger partial charge >= 0.3 is 0 Å². The standard InChI is InChI=1S/C20H19ClO2/c1-3-14-4-5-16(15-6-8-17(21)9-7-15)10-18(14)20-13(2)11-23-12-19(20)22/h4-10H,3,11-12H2,1-2H3. The number of hydrogen-bond donors (Lipinski definition) is 0. The third-order valence-electron chi connectivity index (χ3n) is 4.20. The van der Waals surface area contributed by atoms with Crippen molar-refractivity contribution in [3.05, 3.63) is 64.2 Å². The molecular weight excluding hydrogens is 308 g/mol. The molecule has 118 valence electrons. The van der Waals surface area contributed by atoms with E-state index >= 15 is 0 Å². The number of aryl methyl sites for hydroxylation is 1. The molecule has 0 amide bonds. The summed E-state index contributed by atoms with van der Waals surface area (Å²) >= 11 is 5.97. The number of Topliss-reactive ketones (excluding diaryl/α,β-unsaturated/α-hetero) is 1. The Labute approximate surface area is 141 Å². The van der Waals surface area contributed by atoms with Gasteiger partial charge in [0.25, 0.3) is 0 Å². The molecule has 0 bridgehead atoms. The van der Waals surface area contributed by atoms with Crippen molar-refractivity contribution in [1.29, 1.82) is 0 Å². The molecule has 0 aliphatic carbocycles. The zero-order chi connectivity index (χ0) is 16.4. The van der Waals surface area contributed by atoms with Crippen LogP contribution >= 0.6 is 11.6 Å². The fourth-order valence-corrected chi connectivity index (χ4v) is 3.12. The summed E-state index contributed by atoms with van der Waals surface area (Å²) in [6.45, 7) is 4.78. The van der Waals surface area contributed by atoms with E-state index in [4.69, 9.17) is 16.3 Å². The Morgan fingerprint density at radius 1 is 1.04 bits per heavy atom. The average Bonchev–Trinajstić information content (AvgIpc) is 2.55. The highest BCUT2D eigenvalue weighted by Crippen LogP contribution is 2.31. The highest BCUT2D eigenvalue weighted by molar-refractivity contribution is 6.30. The molecule has 2 aromatic rings. The molecule has 1 heterocycles. The van der Waals surface area contributed by atoms with Gasteiger partial charge in [-0.15, -0.1) is 0 Å². The first-order chi connectivity index (χ1) is 11.1. The third kappa shape index (κ3) is 3.24. The smallest absolute Gasteiger partial charge is 0.189 e. The van der Waals surface area contributed by atoms with Crippen LogP contribution < -0.4 is 0 Å². The number of halogens is 1. The summed E-state index contributed by atoms with van der Waals surface area (Å²) in [7, 11) is 0. The van der Waals surface area contributed by atoms with E-state index in [0.717, 1.165) is 39.3 Å².